The normalized spacial score (nSPS) is 15.8. The topological polar surface area (TPSA) is 85.9 Å². The van der Waals surface area contributed by atoms with Crippen LogP contribution in [-0.2, 0) is 16.1 Å². The Morgan fingerprint density at radius 1 is 1.12 bits per heavy atom. The van der Waals surface area contributed by atoms with Crippen LogP contribution in [0, 0.1) is 0 Å². The van der Waals surface area contributed by atoms with E-state index >= 15 is 0 Å². The van der Waals surface area contributed by atoms with Gasteiger partial charge < -0.3 is 24.8 Å². The number of hydrogen-bond donors (Lipinski definition) is 2. The third-order valence-corrected chi connectivity index (χ3v) is 5.15. The summed E-state index contributed by atoms with van der Waals surface area (Å²) in [6.07, 6.45) is 0.191. The van der Waals surface area contributed by atoms with Crippen LogP contribution in [0.1, 0.15) is 44.4 Å². The predicted octanol–water partition coefficient (Wildman–Crippen LogP) is 4.90. The number of amides is 2. The zero-order chi connectivity index (χ0) is 23.3. The highest BCUT2D eigenvalue weighted by atomic mass is 35.5. The number of rotatable bonds is 8. The van der Waals surface area contributed by atoms with Crippen LogP contribution in [0.5, 0.6) is 11.5 Å². The van der Waals surface area contributed by atoms with Crippen LogP contribution in [0.3, 0.4) is 0 Å². The third-order valence-electron chi connectivity index (χ3n) is 4.90. The Labute approximate surface area is 192 Å². The molecular weight excluding hydrogens is 432 g/mol. The fourth-order valence-electron chi connectivity index (χ4n) is 3.39. The number of esters is 1. The van der Waals surface area contributed by atoms with Crippen LogP contribution in [-0.4, -0.2) is 25.2 Å². The van der Waals surface area contributed by atoms with E-state index in [0.717, 1.165) is 5.56 Å². The van der Waals surface area contributed by atoms with Gasteiger partial charge in [-0.25, -0.2) is 9.59 Å². The maximum absolute atomic E-state index is 12.8. The Morgan fingerprint density at radius 2 is 1.84 bits per heavy atom. The Balaban J connectivity index is 1.90. The van der Waals surface area contributed by atoms with E-state index in [-0.39, 0.29) is 12.1 Å². The van der Waals surface area contributed by atoms with Crippen molar-refractivity contribution in [3.63, 3.8) is 0 Å². The van der Waals surface area contributed by atoms with Crippen LogP contribution >= 0.6 is 11.6 Å². The lowest BCUT2D eigenvalue weighted by Gasteiger charge is -2.30. The first kappa shape index (κ1) is 23.5. The number of halogens is 1. The summed E-state index contributed by atoms with van der Waals surface area (Å²) < 4.78 is 16.9. The standard InChI is InChI=1S/C24H27ClN2O5/c1-5-18-21(23(28)32-14(2)3)22(27-24(29)26-18)16-8-11-19(20(12-16)30-4)31-13-15-6-9-17(25)10-7-15/h6-12,14,22H,5,13H2,1-4H3,(H2,26,27,29). The molecule has 2 aromatic carbocycles. The second-order valence-electron chi connectivity index (χ2n) is 7.56. The molecule has 0 bridgehead atoms. The van der Waals surface area contributed by atoms with Crippen molar-refractivity contribution in [2.24, 2.45) is 0 Å². The Morgan fingerprint density at radius 3 is 2.47 bits per heavy atom. The highest BCUT2D eigenvalue weighted by Crippen LogP contribution is 2.35. The first-order valence-corrected chi connectivity index (χ1v) is 10.8. The largest absolute Gasteiger partial charge is 0.493 e. The molecule has 0 aliphatic carbocycles. The summed E-state index contributed by atoms with van der Waals surface area (Å²) in [5.41, 5.74) is 2.54. The number of benzene rings is 2. The first-order valence-electron chi connectivity index (χ1n) is 10.4. The van der Waals surface area contributed by atoms with Crippen molar-refractivity contribution in [2.75, 3.05) is 7.11 Å². The zero-order valence-corrected chi connectivity index (χ0v) is 19.3. The monoisotopic (exact) mass is 458 g/mol. The molecule has 2 N–H and O–H groups in total. The fourth-order valence-corrected chi connectivity index (χ4v) is 3.52. The molecule has 1 heterocycles. The lowest BCUT2D eigenvalue weighted by molar-refractivity contribution is -0.143. The molecule has 7 nitrogen and oxygen atoms in total. The van der Waals surface area contributed by atoms with Crippen molar-refractivity contribution in [2.45, 2.75) is 45.9 Å². The van der Waals surface area contributed by atoms with E-state index in [1.54, 1.807) is 44.2 Å². The number of urea groups is 1. The minimum absolute atomic E-state index is 0.287. The molecule has 0 spiro atoms. The number of nitrogens with one attached hydrogen (secondary N) is 2. The summed E-state index contributed by atoms with van der Waals surface area (Å²) in [7, 11) is 1.54. The van der Waals surface area contributed by atoms with Crippen molar-refractivity contribution >= 4 is 23.6 Å². The van der Waals surface area contributed by atoms with Gasteiger partial charge >= 0.3 is 12.0 Å². The van der Waals surface area contributed by atoms with Crippen molar-refractivity contribution in [3.8, 4) is 11.5 Å². The van der Waals surface area contributed by atoms with Gasteiger partial charge in [0, 0.05) is 10.7 Å². The van der Waals surface area contributed by atoms with Crippen molar-refractivity contribution in [1.82, 2.24) is 10.6 Å². The van der Waals surface area contributed by atoms with Crippen LogP contribution in [0.25, 0.3) is 0 Å². The van der Waals surface area contributed by atoms with Gasteiger partial charge in [-0.15, -0.1) is 0 Å². The maximum atomic E-state index is 12.8. The quantitative estimate of drug-likeness (QED) is 0.549. The average molecular weight is 459 g/mol. The fraction of sp³-hybridized carbons (Fsp3) is 0.333. The first-order chi connectivity index (χ1) is 15.3. The number of hydrogen-bond acceptors (Lipinski definition) is 5. The summed E-state index contributed by atoms with van der Waals surface area (Å²) in [5.74, 6) is 0.549. The van der Waals surface area contributed by atoms with Crippen LogP contribution < -0.4 is 20.1 Å². The molecule has 0 radical (unpaired) electrons. The van der Waals surface area contributed by atoms with Gasteiger partial charge in [0.25, 0.3) is 0 Å². The molecule has 1 aliphatic rings. The lowest BCUT2D eigenvalue weighted by Crippen LogP contribution is -2.46. The lowest BCUT2D eigenvalue weighted by atomic mass is 9.94. The molecule has 0 aromatic heterocycles. The SMILES string of the molecule is CCC1=C(C(=O)OC(C)C)C(c2ccc(OCc3ccc(Cl)cc3)c(OC)c2)NC(=O)N1. The number of carbonyl (C=O) groups excluding carboxylic acids is 2. The highest BCUT2D eigenvalue weighted by molar-refractivity contribution is 6.30. The van der Waals surface area contributed by atoms with Gasteiger partial charge in [-0.2, -0.15) is 0 Å². The third kappa shape index (κ3) is 5.53. The molecule has 1 atom stereocenters. The molecule has 170 valence electrons. The second kappa shape index (κ2) is 10.4. The summed E-state index contributed by atoms with van der Waals surface area (Å²) in [4.78, 5) is 25.1. The van der Waals surface area contributed by atoms with Crippen molar-refractivity contribution in [1.29, 1.82) is 0 Å². The summed E-state index contributed by atoms with van der Waals surface area (Å²) in [6.45, 7) is 5.77. The minimum atomic E-state index is -0.677. The molecule has 1 unspecified atom stereocenters. The van der Waals surface area contributed by atoms with Gasteiger partial charge in [0.05, 0.1) is 24.8 Å². The molecule has 0 fully saturated rings. The van der Waals surface area contributed by atoms with Crippen LogP contribution in [0.2, 0.25) is 5.02 Å². The van der Waals surface area contributed by atoms with Gasteiger partial charge in [0.2, 0.25) is 0 Å². The van der Waals surface area contributed by atoms with Crippen molar-refractivity contribution in [3.05, 3.63) is 69.9 Å². The number of ether oxygens (including phenoxy) is 3. The molecule has 1 aliphatic heterocycles. The zero-order valence-electron chi connectivity index (χ0n) is 18.5. The number of methoxy groups -OCH3 is 1. The van der Waals surface area contributed by atoms with Crippen LogP contribution in [0.15, 0.2) is 53.7 Å². The Bertz CT molecular complexity index is 1020. The molecular formula is C24H27ClN2O5. The van der Waals surface area contributed by atoms with Crippen LogP contribution in [0.4, 0.5) is 4.79 Å². The molecule has 8 heteroatoms. The van der Waals surface area contributed by atoms with Gasteiger partial charge in [-0.1, -0.05) is 36.7 Å². The van der Waals surface area contributed by atoms with Crippen molar-refractivity contribution < 1.29 is 23.8 Å². The summed E-state index contributed by atoms with van der Waals surface area (Å²) >= 11 is 5.93. The van der Waals surface area contributed by atoms with Gasteiger partial charge in [0.15, 0.2) is 11.5 Å². The van der Waals surface area contributed by atoms with E-state index in [2.05, 4.69) is 10.6 Å². The van der Waals surface area contributed by atoms with E-state index < -0.39 is 12.0 Å². The van der Waals surface area contributed by atoms with Gasteiger partial charge in [0.1, 0.15) is 6.61 Å². The smallest absolute Gasteiger partial charge is 0.338 e. The maximum Gasteiger partial charge on any atom is 0.338 e. The Hall–Kier alpha value is -3.19. The molecule has 0 saturated heterocycles. The predicted molar refractivity (Wildman–Crippen MR) is 122 cm³/mol. The average Bonchev–Trinajstić information content (AvgIpc) is 2.77. The second-order valence-corrected chi connectivity index (χ2v) is 7.99. The summed E-state index contributed by atoms with van der Waals surface area (Å²) in [6, 6.07) is 11.6. The molecule has 2 amide bonds. The minimum Gasteiger partial charge on any atom is -0.493 e. The summed E-state index contributed by atoms with van der Waals surface area (Å²) in [5, 5.41) is 6.19. The van der Waals surface area contributed by atoms with Gasteiger partial charge in [-0.05, 0) is 55.7 Å². The molecule has 32 heavy (non-hydrogen) atoms. The van der Waals surface area contributed by atoms with E-state index in [1.807, 2.05) is 19.1 Å². The van der Waals surface area contributed by atoms with E-state index in [0.29, 0.717) is 46.4 Å². The Kier molecular flexibility index (Phi) is 7.64. The molecule has 2 aromatic rings. The molecule has 0 saturated carbocycles. The molecule has 3 rings (SSSR count). The van der Waals surface area contributed by atoms with E-state index in [4.69, 9.17) is 25.8 Å². The number of carbonyl (C=O) groups is 2. The highest BCUT2D eigenvalue weighted by Gasteiger charge is 2.34. The number of allylic oxidation sites excluding steroid dienone is 1. The van der Waals surface area contributed by atoms with E-state index in [9.17, 15) is 9.59 Å². The van der Waals surface area contributed by atoms with Gasteiger partial charge in [-0.3, -0.25) is 0 Å². The van der Waals surface area contributed by atoms with E-state index in [1.165, 1.54) is 7.11 Å².